The minimum absolute atomic E-state index is 0.149. The predicted octanol–water partition coefficient (Wildman–Crippen LogP) is 2.12. The van der Waals surface area contributed by atoms with E-state index in [9.17, 15) is 27.9 Å². The lowest BCUT2D eigenvalue weighted by Gasteiger charge is -2.28. The molecule has 0 saturated carbocycles. The van der Waals surface area contributed by atoms with Crippen molar-refractivity contribution in [2.45, 2.75) is 31.7 Å². The predicted molar refractivity (Wildman–Crippen MR) is 79.9 cm³/mol. The molecule has 0 spiro atoms. The summed E-state index contributed by atoms with van der Waals surface area (Å²) in [6.07, 6.45) is -3.56. The summed E-state index contributed by atoms with van der Waals surface area (Å²) < 4.78 is 45.3. The third-order valence-electron chi connectivity index (χ3n) is 3.77. The highest BCUT2D eigenvalue weighted by molar-refractivity contribution is 5.85. The van der Waals surface area contributed by atoms with Gasteiger partial charge in [-0.25, -0.2) is 4.79 Å². The molecule has 0 bridgehead atoms. The van der Waals surface area contributed by atoms with Crippen molar-refractivity contribution in [2.24, 2.45) is 5.92 Å². The van der Waals surface area contributed by atoms with Crippen LogP contribution in [0.5, 0.6) is 5.75 Å². The van der Waals surface area contributed by atoms with Gasteiger partial charge in [-0.1, -0.05) is 12.1 Å². The lowest BCUT2D eigenvalue weighted by Crippen LogP contribution is -2.48. The molecule has 138 valence electrons. The Morgan fingerprint density at radius 2 is 2.00 bits per heavy atom. The Morgan fingerprint density at radius 3 is 2.52 bits per heavy atom. The molecule has 1 aromatic rings. The highest BCUT2D eigenvalue weighted by Gasteiger charge is 2.32. The summed E-state index contributed by atoms with van der Waals surface area (Å²) in [6.45, 7) is 0.837. The van der Waals surface area contributed by atoms with E-state index in [0.717, 1.165) is 18.6 Å². The Bertz CT molecular complexity index is 597. The minimum Gasteiger partial charge on any atom is -0.480 e. The standard InChI is InChI=1S/C16H18F3NO5/c17-16(18,19)25-12-5-3-10(4-6-12)8-13(21)20-14(15(22)23)11-2-1-7-24-9-11/h3-6,11,14H,1-2,7-9H2,(H,20,21)(H,22,23). The molecular formula is C16H18F3NO5. The number of carboxylic acids is 1. The van der Waals surface area contributed by atoms with E-state index in [1.807, 2.05) is 0 Å². The summed E-state index contributed by atoms with van der Waals surface area (Å²) in [5.41, 5.74) is 0.441. The maximum Gasteiger partial charge on any atom is 0.573 e. The maximum absolute atomic E-state index is 12.1. The van der Waals surface area contributed by atoms with Crippen LogP contribution < -0.4 is 10.1 Å². The normalized spacial score (nSPS) is 19.1. The van der Waals surface area contributed by atoms with Gasteiger partial charge in [0, 0.05) is 12.5 Å². The molecule has 1 fully saturated rings. The lowest BCUT2D eigenvalue weighted by molar-refractivity contribution is -0.274. The van der Waals surface area contributed by atoms with Crippen LogP contribution in [-0.4, -0.2) is 42.6 Å². The monoisotopic (exact) mass is 361 g/mol. The second-order valence-corrected chi connectivity index (χ2v) is 5.73. The van der Waals surface area contributed by atoms with Gasteiger partial charge in [-0.3, -0.25) is 4.79 Å². The van der Waals surface area contributed by atoms with Gasteiger partial charge in [0.25, 0.3) is 0 Å². The number of rotatable bonds is 6. The van der Waals surface area contributed by atoms with Crippen LogP contribution in [0.3, 0.4) is 0 Å². The molecule has 2 unspecified atom stereocenters. The zero-order valence-corrected chi connectivity index (χ0v) is 13.2. The van der Waals surface area contributed by atoms with Gasteiger partial charge in [-0.05, 0) is 30.5 Å². The van der Waals surface area contributed by atoms with Crippen LogP contribution in [0.15, 0.2) is 24.3 Å². The third-order valence-corrected chi connectivity index (χ3v) is 3.77. The molecule has 1 amide bonds. The Labute approximate surface area is 141 Å². The number of alkyl halides is 3. The van der Waals surface area contributed by atoms with E-state index in [0.29, 0.717) is 18.6 Å². The number of benzene rings is 1. The Hall–Kier alpha value is -2.29. The van der Waals surface area contributed by atoms with Gasteiger partial charge in [0.2, 0.25) is 5.91 Å². The van der Waals surface area contributed by atoms with E-state index in [-0.39, 0.29) is 24.7 Å². The maximum atomic E-state index is 12.1. The van der Waals surface area contributed by atoms with Crippen LogP contribution in [-0.2, 0) is 20.7 Å². The second-order valence-electron chi connectivity index (χ2n) is 5.73. The smallest absolute Gasteiger partial charge is 0.480 e. The van der Waals surface area contributed by atoms with Gasteiger partial charge in [0.15, 0.2) is 0 Å². The first-order chi connectivity index (χ1) is 11.7. The van der Waals surface area contributed by atoms with Crippen LogP contribution in [0, 0.1) is 5.92 Å². The number of carboxylic acid groups (broad SMARTS) is 1. The zero-order valence-electron chi connectivity index (χ0n) is 13.2. The number of amides is 1. The fourth-order valence-corrected chi connectivity index (χ4v) is 2.63. The second kappa shape index (κ2) is 8.19. The van der Waals surface area contributed by atoms with Crippen molar-refractivity contribution in [1.82, 2.24) is 5.32 Å². The van der Waals surface area contributed by atoms with Crippen molar-refractivity contribution in [3.8, 4) is 5.75 Å². The molecule has 9 heteroatoms. The molecule has 0 aliphatic carbocycles. The first kappa shape index (κ1) is 19.0. The molecule has 2 N–H and O–H groups in total. The van der Waals surface area contributed by atoms with Crippen molar-refractivity contribution in [1.29, 1.82) is 0 Å². The minimum atomic E-state index is -4.78. The number of hydrogen-bond acceptors (Lipinski definition) is 4. The highest BCUT2D eigenvalue weighted by atomic mass is 19.4. The Morgan fingerprint density at radius 1 is 1.32 bits per heavy atom. The summed E-state index contributed by atoms with van der Waals surface area (Å²) in [5.74, 6) is -2.36. The molecule has 1 aliphatic rings. The van der Waals surface area contributed by atoms with Crippen molar-refractivity contribution in [2.75, 3.05) is 13.2 Å². The number of nitrogens with one attached hydrogen (secondary N) is 1. The number of carbonyl (C=O) groups is 2. The summed E-state index contributed by atoms with van der Waals surface area (Å²) in [6, 6.07) is 3.78. The Balaban J connectivity index is 1.92. The average Bonchev–Trinajstić information content (AvgIpc) is 2.54. The number of halogens is 3. The van der Waals surface area contributed by atoms with Crippen molar-refractivity contribution in [3.05, 3.63) is 29.8 Å². The van der Waals surface area contributed by atoms with Crippen LogP contribution in [0.4, 0.5) is 13.2 Å². The molecule has 2 atom stereocenters. The molecule has 1 saturated heterocycles. The van der Waals surface area contributed by atoms with Gasteiger partial charge < -0.3 is 19.9 Å². The number of aliphatic carboxylic acids is 1. The quantitative estimate of drug-likeness (QED) is 0.811. The fraction of sp³-hybridized carbons (Fsp3) is 0.500. The average molecular weight is 361 g/mol. The number of carbonyl (C=O) groups excluding carboxylic acids is 1. The van der Waals surface area contributed by atoms with E-state index >= 15 is 0 Å². The van der Waals surface area contributed by atoms with Crippen LogP contribution >= 0.6 is 0 Å². The van der Waals surface area contributed by atoms with Crippen molar-refractivity contribution >= 4 is 11.9 Å². The number of hydrogen-bond donors (Lipinski definition) is 2. The largest absolute Gasteiger partial charge is 0.573 e. The lowest BCUT2D eigenvalue weighted by atomic mass is 9.93. The van der Waals surface area contributed by atoms with E-state index < -0.39 is 24.3 Å². The van der Waals surface area contributed by atoms with E-state index in [1.165, 1.54) is 12.1 Å². The highest BCUT2D eigenvalue weighted by Crippen LogP contribution is 2.23. The first-order valence-electron chi connectivity index (χ1n) is 7.69. The molecule has 2 rings (SSSR count). The topological polar surface area (TPSA) is 84.9 Å². The summed E-state index contributed by atoms with van der Waals surface area (Å²) >= 11 is 0. The molecule has 1 aliphatic heterocycles. The molecule has 6 nitrogen and oxygen atoms in total. The molecule has 0 aromatic heterocycles. The molecule has 1 heterocycles. The van der Waals surface area contributed by atoms with Crippen molar-refractivity contribution in [3.63, 3.8) is 0 Å². The number of ether oxygens (including phenoxy) is 2. The van der Waals surface area contributed by atoms with Gasteiger partial charge in [-0.15, -0.1) is 13.2 Å². The van der Waals surface area contributed by atoms with Crippen LogP contribution in [0.1, 0.15) is 18.4 Å². The molecular weight excluding hydrogens is 343 g/mol. The first-order valence-corrected chi connectivity index (χ1v) is 7.69. The summed E-state index contributed by atoms with van der Waals surface area (Å²) in [7, 11) is 0. The van der Waals surface area contributed by atoms with Crippen LogP contribution in [0.2, 0.25) is 0 Å². The summed E-state index contributed by atoms with van der Waals surface area (Å²) in [4.78, 5) is 23.4. The van der Waals surface area contributed by atoms with Crippen molar-refractivity contribution < 1.29 is 37.3 Å². The molecule has 0 radical (unpaired) electrons. The van der Waals surface area contributed by atoms with E-state index in [4.69, 9.17) is 4.74 Å². The Kier molecular flexibility index (Phi) is 6.24. The molecule has 25 heavy (non-hydrogen) atoms. The van der Waals surface area contributed by atoms with Gasteiger partial charge in [-0.2, -0.15) is 0 Å². The molecule has 1 aromatic carbocycles. The zero-order chi connectivity index (χ0) is 18.4. The third kappa shape index (κ3) is 6.26. The SMILES string of the molecule is O=C(Cc1ccc(OC(F)(F)F)cc1)NC(C(=O)O)C1CCCOC1. The van der Waals surface area contributed by atoms with Crippen LogP contribution in [0.25, 0.3) is 0 Å². The van der Waals surface area contributed by atoms with E-state index in [2.05, 4.69) is 10.1 Å². The van der Waals surface area contributed by atoms with Gasteiger partial charge in [0.1, 0.15) is 11.8 Å². The van der Waals surface area contributed by atoms with E-state index in [1.54, 1.807) is 0 Å². The fourth-order valence-electron chi connectivity index (χ4n) is 2.63. The van der Waals surface area contributed by atoms with Gasteiger partial charge in [0.05, 0.1) is 13.0 Å². The summed E-state index contributed by atoms with van der Waals surface area (Å²) in [5, 5.41) is 11.7. The van der Waals surface area contributed by atoms with Gasteiger partial charge >= 0.3 is 12.3 Å².